The highest BCUT2D eigenvalue weighted by Gasteiger charge is 2.14. The molecule has 0 bridgehead atoms. The van der Waals surface area contributed by atoms with Crippen LogP contribution in [0.3, 0.4) is 0 Å². The number of nitrogens with zero attached hydrogens (tertiary/aromatic N) is 3. The summed E-state index contributed by atoms with van der Waals surface area (Å²) in [5.41, 5.74) is 6.23. The second-order valence-electron chi connectivity index (χ2n) is 5.79. The lowest BCUT2D eigenvalue weighted by Gasteiger charge is -2.33. The van der Waals surface area contributed by atoms with E-state index in [0.717, 1.165) is 24.3 Å². The van der Waals surface area contributed by atoms with Gasteiger partial charge in [0.1, 0.15) is 0 Å². The van der Waals surface area contributed by atoms with Crippen molar-refractivity contribution in [3.63, 3.8) is 0 Å². The van der Waals surface area contributed by atoms with E-state index in [1.807, 2.05) is 12.1 Å². The Kier molecular flexibility index (Phi) is 3.59. The first-order valence-corrected chi connectivity index (χ1v) is 7.81. The zero-order valence-electron chi connectivity index (χ0n) is 12.9. The maximum absolute atomic E-state index is 11.5. The standard InChI is InChI=1S/C18H16N4O2/c23-18(21-24)13-4-7-15-16(10-13)20-17(11-19-15)12-2-5-14(6-3-12)22-8-1-9-22/h2-7,10-11,24H,1,8-9H2,(H,21,23). The van der Waals surface area contributed by atoms with Crippen LogP contribution >= 0.6 is 0 Å². The van der Waals surface area contributed by atoms with Crippen molar-refractivity contribution in [2.45, 2.75) is 6.42 Å². The van der Waals surface area contributed by atoms with E-state index in [2.05, 4.69) is 27.0 Å². The second-order valence-corrected chi connectivity index (χ2v) is 5.79. The maximum Gasteiger partial charge on any atom is 0.274 e. The van der Waals surface area contributed by atoms with Crippen LogP contribution in [0.1, 0.15) is 16.8 Å². The molecule has 1 aliphatic rings. The highest BCUT2D eigenvalue weighted by molar-refractivity contribution is 5.96. The van der Waals surface area contributed by atoms with Crippen LogP contribution in [-0.2, 0) is 0 Å². The van der Waals surface area contributed by atoms with Crippen molar-refractivity contribution in [1.29, 1.82) is 0 Å². The zero-order chi connectivity index (χ0) is 16.5. The topological polar surface area (TPSA) is 78.3 Å². The number of hydrogen-bond donors (Lipinski definition) is 2. The van der Waals surface area contributed by atoms with Crippen LogP contribution in [0.15, 0.2) is 48.7 Å². The van der Waals surface area contributed by atoms with Crippen LogP contribution in [0.25, 0.3) is 22.3 Å². The first-order valence-electron chi connectivity index (χ1n) is 7.81. The first-order chi connectivity index (χ1) is 11.7. The molecule has 1 aromatic heterocycles. The van der Waals surface area contributed by atoms with Gasteiger partial charge in [0.25, 0.3) is 5.91 Å². The predicted octanol–water partition coefficient (Wildman–Crippen LogP) is 2.63. The fourth-order valence-electron chi connectivity index (χ4n) is 2.77. The van der Waals surface area contributed by atoms with Gasteiger partial charge in [-0.3, -0.25) is 15.0 Å². The third kappa shape index (κ3) is 2.57. The molecule has 1 amide bonds. The molecule has 120 valence electrons. The highest BCUT2D eigenvalue weighted by Crippen LogP contribution is 2.25. The molecule has 1 aliphatic heterocycles. The Bertz CT molecular complexity index is 905. The molecule has 6 heteroatoms. The van der Waals surface area contributed by atoms with Gasteiger partial charge < -0.3 is 4.90 Å². The maximum atomic E-state index is 11.5. The minimum Gasteiger partial charge on any atom is -0.371 e. The summed E-state index contributed by atoms with van der Waals surface area (Å²) in [6.07, 6.45) is 2.98. The van der Waals surface area contributed by atoms with Gasteiger partial charge in [0.15, 0.2) is 0 Å². The number of aromatic nitrogens is 2. The normalized spacial score (nSPS) is 13.6. The molecule has 24 heavy (non-hydrogen) atoms. The summed E-state index contributed by atoms with van der Waals surface area (Å²) in [6, 6.07) is 13.2. The number of carbonyl (C=O) groups excluding carboxylic acids is 1. The lowest BCUT2D eigenvalue weighted by atomic mass is 10.1. The number of nitrogens with one attached hydrogen (secondary N) is 1. The second kappa shape index (κ2) is 5.90. The number of benzene rings is 2. The Morgan fingerprint density at radius 1 is 1.08 bits per heavy atom. The van der Waals surface area contributed by atoms with Crippen LogP contribution in [0.4, 0.5) is 5.69 Å². The number of fused-ring (bicyclic) bond motifs is 1. The molecular weight excluding hydrogens is 304 g/mol. The minimum absolute atomic E-state index is 0.338. The van der Waals surface area contributed by atoms with Gasteiger partial charge in [-0.25, -0.2) is 10.5 Å². The number of amides is 1. The Morgan fingerprint density at radius 3 is 2.54 bits per heavy atom. The molecule has 3 aromatic rings. The van der Waals surface area contributed by atoms with Gasteiger partial charge >= 0.3 is 0 Å². The van der Waals surface area contributed by atoms with Crippen molar-refractivity contribution in [2.75, 3.05) is 18.0 Å². The third-order valence-corrected chi connectivity index (χ3v) is 4.29. The molecule has 6 nitrogen and oxygen atoms in total. The van der Waals surface area contributed by atoms with Gasteiger partial charge in [0.05, 0.1) is 22.9 Å². The van der Waals surface area contributed by atoms with Crippen LogP contribution in [0, 0.1) is 0 Å². The van der Waals surface area contributed by atoms with Crippen molar-refractivity contribution >= 4 is 22.6 Å². The SMILES string of the molecule is O=C(NO)c1ccc2ncc(-c3ccc(N4CCC4)cc3)nc2c1. The van der Waals surface area contributed by atoms with Crippen LogP contribution < -0.4 is 10.4 Å². The van der Waals surface area contributed by atoms with E-state index in [1.165, 1.54) is 12.1 Å². The molecule has 0 spiro atoms. The van der Waals surface area contributed by atoms with Gasteiger partial charge in [0, 0.05) is 29.9 Å². The molecule has 1 fully saturated rings. The molecule has 0 saturated carbocycles. The van der Waals surface area contributed by atoms with Crippen molar-refractivity contribution in [1.82, 2.24) is 15.4 Å². The smallest absolute Gasteiger partial charge is 0.274 e. The molecular formula is C18H16N4O2. The fraction of sp³-hybridized carbons (Fsp3) is 0.167. The average Bonchev–Trinajstić information content (AvgIpc) is 2.59. The van der Waals surface area contributed by atoms with E-state index in [4.69, 9.17) is 5.21 Å². The average molecular weight is 320 g/mol. The molecule has 0 radical (unpaired) electrons. The largest absolute Gasteiger partial charge is 0.371 e. The lowest BCUT2D eigenvalue weighted by molar-refractivity contribution is 0.0706. The molecule has 1 saturated heterocycles. The van der Waals surface area contributed by atoms with Crippen molar-refractivity contribution in [2.24, 2.45) is 0 Å². The monoisotopic (exact) mass is 320 g/mol. The third-order valence-electron chi connectivity index (χ3n) is 4.29. The van der Waals surface area contributed by atoms with Crippen molar-refractivity contribution in [3.05, 3.63) is 54.2 Å². The number of carbonyl (C=O) groups is 1. The summed E-state index contributed by atoms with van der Waals surface area (Å²) < 4.78 is 0. The van der Waals surface area contributed by atoms with Gasteiger partial charge in [0.2, 0.25) is 0 Å². The van der Waals surface area contributed by atoms with Gasteiger partial charge in [-0.1, -0.05) is 12.1 Å². The summed E-state index contributed by atoms with van der Waals surface area (Å²) in [5.74, 6) is -0.567. The van der Waals surface area contributed by atoms with E-state index < -0.39 is 5.91 Å². The summed E-state index contributed by atoms with van der Waals surface area (Å²) in [6.45, 7) is 2.23. The van der Waals surface area contributed by atoms with E-state index in [9.17, 15) is 4.79 Å². The molecule has 2 N–H and O–H groups in total. The molecule has 2 aromatic carbocycles. The minimum atomic E-state index is -0.567. The van der Waals surface area contributed by atoms with Gasteiger partial charge in [-0.2, -0.15) is 0 Å². The Morgan fingerprint density at radius 2 is 1.88 bits per heavy atom. The molecule has 4 rings (SSSR count). The molecule has 0 atom stereocenters. The van der Waals surface area contributed by atoms with E-state index >= 15 is 0 Å². The number of hydroxylamine groups is 1. The predicted molar refractivity (Wildman–Crippen MR) is 91.1 cm³/mol. The Balaban J connectivity index is 1.69. The van der Waals surface area contributed by atoms with E-state index in [1.54, 1.807) is 29.9 Å². The molecule has 0 unspecified atom stereocenters. The number of anilines is 1. The number of hydrogen-bond acceptors (Lipinski definition) is 5. The Hall–Kier alpha value is -2.99. The Labute approximate surface area is 138 Å². The van der Waals surface area contributed by atoms with E-state index in [-0.39, 0.29) is 0 Å². The van der Waals surface area contributed by atoms with Crippen LogP contribution in [0.5, 0.6) is 0 Å². The first kappa shape index (κ1) is 14.6. The summed E-state index contributed by atoms with van der Waals surface area (Å²) in [5, 5.41) is 8.75. The van der Waals surface area contributed by atoms with Crippen molar-refractivity contribution in [3.8, 4) is 11.3 Å². The summed E-state index contributed by atoms with van der Waals surface area (Å²) in [4.78, 5) is 22.9. The number of rotatable bonds is 3. The summed E-state index contributed by atoms with van der Waals surface area (Å²) in [7, 11) is 0. The van der Waals surface area contributed by atoms with Gasteiger partial charge in [-0.15, -0.1) is 0 Å². The quantitative estimate of drug-likeness (QED) is 0.573. The molecule has 2 heterocycles. The van der Waals surface area contributed by atoms with Crippen LogP contribution in [-0.4, -0.2) is 34.2 Å². The highest BCUT2D eigenvalue weighted by atomic mass is 16.5. The van der Waals surface area contributed by atoms with Gasteiger partial charge in [-0.05, 0) is 36.8 Å². The van der Waals surface area contributed by atoms with E-state index in [0.29, 0.717) is 16.6 Å². The molecule has 0 aliphatic carbocycles. The summed E-state index contributed by atoms with van der Waals surface area (Å²) >= 11 is 0. The van der Waals surface area contributed by atoms with Crippen molar-refractivity contribution < 1.29 is 10.0 Å². The van der Waals surface area contributed by atoms with Crippen LogP contribution in [0.2, 0.25) is 0 Å². The fourth-order valence-corrected chi connectivity index (χ4v) is 2.77. The lowest BCUT2D eigenvalue weighted by Crippen LogP contribution is -2.36. The zero-order valence-corrected chi connectivity index (χ0v) is 12.9.